The molecule has 0 saturated carbocycles. The number of nitrogens with zero attached hydrogens (tertiary/aromatic N) is 4. The zero-order valence-electron chi connectivity index (χ0n) is 12.9. The summed E-state index contributed by atoms with van der Waals surface area (Å²) in [5.74, 6) is -0.0792. The van der Waals surface area contributed by atoms with Crippen LogP contribution in [-0.4, -0.2) is 38.4 Å². The molecule has 0 aliphatic carbocycles. The van der Waals surface area contributed by atoms with Gasteiger partial charge in [-0.25, -0.2) is 0 Å². The number of amides is 1. The van der Waals surface area contributed by atoms with Crippen LogP contribution in [0.1, 0.15) is 24.0 Å². The Morgan fingerprint density at radius 1 is 1.17 bits per heavy atom. The zero-order chi connectivity index (χ0) is 17.2. The van der Waals surface area contributed by atoms with E-state index in [0.29, 0.717) is 18.7 Å². The molecule has 1 aliphatic rings. The second-order valence-electron chi connectivity index (χ2n) is 5.84. The highest BCUT2D eigenvalue weighted by Gasteiger charge is 2.31. The molecule has 24 heavy (non-hydrogen) atoms. The Labute approximate surface area is 137 Å². The fourth-order valence-corrected chi connectivity index (χ4v) is 2.97. The topological polar surface area (TPSA) is 51.0 Å². The number of benzene rings is 1. The minimum atomic E-state index is -4.36. The first-order chi connectivity index (χ1) is 11.4. The van der Waals surface area contributed by atoms with Crippen molar-refractivity contribution in [2.75, 3.05) is 6.54 Å². The first kappa shape index (κ1) is 16.5. The van der Waals surface area contributed by atoms with Gasteiger partial charge in [0.15, 0.2) is 0 Å². The van der Waals surface area contributed by atoms with E-state index in [9.17, 15) is 18.0 Å². The van der Waals surface area contributed by atoms with E-state index in [1.165, 1.54) is 12.1 Å². The van der Waals surface area contributed by atoms with Crippen molar-refractivity contribution in [1.29, 1.82) is 0 Å². The summed E-state index contributed by atoms with van der Waals surface area (Å²) in [4.78, 5) is 15.8. The summed E-state index contributed by atoms with van der Waals surface area (Å²) in [5.41, 5.74) is -0.127. The van der Waals surface area contributed by atoms with Crippen molar-refractivity contribution in [3.63, 3.8) is 0 Å². The van der Waals surface area contributed by atoms with Crippen molar-refractivity contribution in [3.8, 4) is 0 Å². The number of halogens is 3. The molecule has 5 nitrogen and oxygen atoms in total. The van der Waals surface area contributed by atoms with Crippen molar-refractivity contribution >= 4 is 5.91 Å². The van der Waals surface area contributed by atoms with E-state index in [2.05, 4.69) is 10.2 Å². The highest BCUT2D eigenvalue weighted by atomic mass is 19.4. The van der Waals surface area contributed by atoms with Crippen LogP contribution in [0.15, 0.2) is 36.7 Å². The molecule has 0 N–H and O–H groups in total. The molecule has 1 aliphatic heterocycles. The van der Waals surface area contributed by atoms with E-state index in [0.717, 1.165) is 25.0 Å². The summed E-state index contributed by atoms with van der Waals surface area (Å²) >= 11 is 0. The molecule has 8 heteroatoms. The molecule has 1 aromatic heterocycles. The van der Waals surface area contributed by atoms with Crippen molar-refractivity contribution < 1.29 is 18.0 Å². The highest BCUT2D eigenvalue weighted by molar-refractivity contribution is 5.79. The third-order valence-electron chi connectivity index (χ3n) is 4.17. The van der Waals surface area contributed by atoms with Crippen LogP contribution in [0.25, 0.3) is 0 Å². The van der Waals surface area contributed by atoms with E-state index in [1.54, 1.807) is 22.1 Å². The summed E-state index contributed by atoms with van der Waals surface area (Å²) in [6.45, 7) is 1.19. The van der Waals surface area contributed by atoms with Crippen molar-refractivity contribution in [1.82, 2.24) is 19.9 Å². The van der Waals surface area contributed by atoms with Crippen LogP contribution in [0.2, 0.25) is 0 Å². The van der Waals surface area contributed by atoms with Gasteiger partial charge in [0.25, 0.3) is 0 Å². The van der Waals surface area contributed by atoms with Crippen LogP contribution >= 0.6 is 0 Å². The van der Waals surface area contributed by atoms with Crippen molar-refractivity contribution in [3.05, 3.63) is 47.8 Å². The molecule has 1 fully saturated rings. The van der Waals surface area contributed by atoms with Crippen molar-refractivity contribution in [2.24, 2.45) is 0 Å². The van der Waals surface area contributed by atoms with E-state index < -0.39 is 11.7 Å². The van der Waals surface area contributed by atoms with Gasteiger partial charge >= 0.3 is 6.18 Å². The van der Waals surface area contributed by atoms with Gasteiger partial charge in [0, 0.05) is 6.54 Å². The maximum absolute atomic E-state index is 12.6. The molecule has 3 rings (SSSR count). The lowest BCUT2D eigenvalue weighted by Crippen LogP contribution is -2.39. The van der Waals surface area contributed by atoms with Crippen molar-refractivity contribution in [2.45, 2.75) is 38.0 Å². The number of carbonyl (C=O) groups excluding carboxylic acids is 1. The minimum absolute atomic E-state index is 0.0272. The third-order valence-corrected chi connectivity index (χ3v) is 4.17. The standard InChI is InChI=1S/C16H17F3N4O/c17-16(18,19)13-5-3-12(4-6-13)10-15(24)22-9-1-2-14(22)11-23-20-7-8-21-23/h3-8,14H,1-2,9-11H2. The molecule has 2 heterocycles. The number of rotatable bonds is 4. The SMILES string of the molecule is O=C(Cc1ccc(C(F)(F)F)cc1)N1CCCC1Cn1nccn1. The van der Waals surface area contributed by atoms with Gasteiger partial charge in [-0.05, 0) is 30.5 Å². The smallest absolute Gasteiger partial charge is 0.337 e. The lowest BCUT2D eigenvalue weighted by Gasteiger charge is -2.24. The van der Waals surface area contributed by atoms with Crippen LogP contribution in [0.3, 0.4) is 0 Å². The Morgan fingerprint density at radius 3 is 2.46 bits per heavy atom. The van der Waals surface area contributed by atoms with Gasteiger partial charge in [-0.3, -0.25) is 4.79 Å². The van der Waals surface area contributed by atoms with E-state index in [-0.39, 0.29) is 18.4 Å². The van der Waals surface area contributed by atoms with Crippen LogP contribution in [0.5, 0.6) is 0 Å². The number of alkyl halides is 3. The molecular formula is C16H17F3N4O. The normalized spacial score (nSPS) is 18.1. The van der Waals surface area contributed by atoms with Gasteiger partial charge in [-0.2, -0.15) is 28.2 Å². The molecule has 1 atom stereocenters. The lowest BCUT2D eigenvalue weighted by molar-refractivity contribution is -0.137. The summed E-state index contributed by atoms with van der Waals surface area (Å²) in [7, 11) is 0. The fraction of sp³-hybridized carbons (Fsp3) is 0.438. The predicted molar refractivity (Wildman–Crippen MR) is 79.9 cm³/mol. The molecule has 0 radical (unpaired) electrons. The number of carbonyl (C=O) groups is 1. The van der Waals surface area contributed by atoms with E-state index >= 15 is 0 Å². The predicted octanol–water partition coefficient (Wildman–Crippen LogP) is 2.53. The number of aromatic nitrogens is 3. The number of hydrogen-bond acceptors (Lipinski definition) is 3. The second-order valence-corrected chi connectivity index (χ2v) is 5.84. The zero-order valence-corrected chi connectivity index (χ0v) is 12.9. The average molecular weight is 338 g/mol. The fourth-order valence-electron chi connectivity index (χ4n) is 2.97. The Balaban J connectivity index is 1.63. The number of likely N-dealkylation sites (tertiary alicyclic amines) is 1. The lowest BCUT2D eigenvalue weighted by atomic mass is 10.1. The Kier molecular flexibility index (Phi) is 4.55. The maximum atomic E-state index is 12.6. The quantitative estimate of drug-likeness (QED) is 0.861. The van der Waals surface area contributed by atoms with Gasteiger partial charge in [0.1, 0.15) is 0 Å². The molecule has 1 unspecified atom stereocenters. The highest BCUT2D eigenvalue weighted by Crippen LogP contribution is 2.29. The van der Waals surface area contributed by atoms with Gasteiger partial charge < -0.3 is 4.90 Å². The first-order valence-electron chi connectivity index (χ1n) is 7.73. The summed E-state index contributed by atoms with van der Waals surface area (Å²) in [6.07, 6.45) is 0.693. The Morgan fingerprint density at radius 2 is 1.83 bits per heavy atom. The van der Waals surface area contributed by atoms with Crippen LogP contribution < -0.4 is 0 Å². The van der Waals surface area contributed by atoms with Crippen LogP contribution in [-0.2, 0) is 23.9 Å². The Bertz CT molecular complexity index is 682. The molecule has 2 aromatic rings. The van der Waals surface area contributed by atoms with Gasteiger partial charge in [-0.1, -0.05) is 12.1 Å². The van der Waals surface area contributed by atoms with Gasteiger partial charge in [-0.15, -0.1) is 0 Å². The maximum Gasteiger partial charge on any atom is 0.416 e. The largest absolute Gasteiger partial charge is 0.416 e. The molecular weight excluding hydrogens is 321 g/mol. The summed E-state index contributed by atoms with van der Waals surface area (Å²) in [5, 5.41) is 8.10. The van der Waals surface area contributed by atoms with Gasteiger partial charge in [0.05, 0.1) is 37.0 Å². The molecule has 1 saturated heterocycles. The summed E-state index contributed by atoms with van der Waals surface area (Å²) < 4.78 is 37.7. The summed E-state index contributed by atoms with van der Waals surface area (Å²) in [6, 6.07) is 4.77. The van der Waals surface area contributed by atoms with E-state index in [4.69, 9.17) is 0 Å². The molecule has 1 amide bonds. The van der Waals surface area contributed by atoms with E-state index in [1.807, 2.05) is 0 Å². The monoisotopic (exact) mass is 338 g/mol. The average Bonchev–Trinajstić information content (AvgIpc) is 3.19. The Hall–Kier alpha value is -2.38. The van der Waals surface area contributed by atoms with Crippen LogP contribution in [0, 0.1) is 0 Å². The molecule has 128 valence electrons. The molecule has 0 bridgehead atoms. The molecule has 1 aromatic carbocycles. The first-order valence-corrected chi connectivity index (χ1v) is 7.73. The van der Waals surface area contributed by atoms with Crippen LogP contribution in [0.4, 0.5) is 13.2 Å². The third kappa shape index (κ3) is 3.74. The number of hydrogen-bond donors (Lipinski definition) is 0. The van der Waals surface area contributed by atoms with Gasteiger partial charge in [0.2, 0.25) is 5.91 Å². The molecule has 0 spiro atoms. The minimum Gasteiger partial charge on any atom is -0.337 e. The second kappa shape index (κ2) is 6.62.